The normalized spacial score (nSPS) is 10.3. The van der Waals surface area contributed by atoms with Crippen LogP contribution in [0, 0.1) is 0 Å². The molecule has 0 N–H and O–H groups in total. The van der Waals surface area contributed by atoms with Crippen LogP contribution in [-0.4, -0.2) is 19.9 Å². The maximum absolute atomic E-state index is 11.8. The minimum atomic E-state index is 0.0539. The van der Waals surface area contributed by atoms with E-state index in [0.717, 1.165) is 21.5 Å². The predicted octanol–water partition coefficient (Wildman–Crippen LogP) is 4.30. The molecular weight excluding hydrogens is 330 g/mol. The minimum absolute atomic E-state index is 0.0539. The van der Waals surface area contributed by atoms with Gasteiger partial charge in [0.1, 0.15) is 5.75 Å². The number of nitrogens with zero attached hydrogens (tertiary/aromatic N) is 1. The summed E-state index contributed by atoms with van der Waals surface area (Å²) in [6.07, 6.45) is 0. The van der Waals surface area contributed by atoms with Crippen LogP contribution in [0.25, 0.3) is 0 Å². The lowest BCUT2D eigenvalue weighted by atomic mass is 10.1. The van der Waals surface area contributed by atoms with E-state index in [1.165, 1.54) is 0 Å². The van der Waals surface area contributed by atoms with Crippen molar-refractivity contribution in [2.75, 3.05) is 19.1 Å². The molecule has 0 spiro atoms. The largest absolute Gasteiger partial charge is 0.496 e. The van der Waals surface area contributed by atoms with Gasteiger partial charge in [-0.2, -0.15) is 0 Å². The maximum atomic E-state index is 11.8. The number of rotatable bonds is 5. The van der Waals surface area contributed by atoms with Crippen molar-refractivity contribution in [3.05, 3.63) is 58.1 Å². The molecule has 0 atom stereocenters. The van der Waals surface area contributed by atoms with Gasteiger partial charge in [-0.15, -0.1) is 0 Å². The summed E-state index contributed by atoms with van der Waals surface area (Å²) >= 11 is 3.41. The van der Waals surface area contributed by atoms with Crippen molar-refractivity contribution in [1.82, 2.24) is 0 Å². The lowest BCUT2D eigenvalue weighted by Crippen LogP contribution is -2.19. The molecule has 0 unspecified atom stereocenters. The van der Waals surface area contributed by atoms with E-state index >= 15 is 0 Å². The van der Waals surface area contributed by atoms with Crippen molar-refractivity contribution < 1.29 is 9.53 Å². The SMILES string of the molecule is COc1ccccc1CN(C)c1ccc(Br)cc1C(C)=O. The molecule has 0 heterocycles. The van der Waals surface area contributed by atoms with Gasteiger partial charge in [0.2, 0.25) is 0 Å². The Balaban J connectivity index is 2.32. The molecule has 3 nitrogen and oxygen atoms in total. The van der Waals surface area contributed by atoms with Gasteiger partial charge in [0, 0.05) is 34.9 Å². The molecule has 0 aliphatic heterocycles. The zero-order valence-electron chi connectivity index (χ0n) is 12.4. The van der Waals surface area contributed by atoms with E-state index in [-0.39, 0.29) is 5.78 Å². The molecule has 0 fully saturated rings. The van der Waals surface area contributed by atoms with Gasteiger partial charge in [-0.05, 0) is 31.2 Å². The highest BCUT2D eigenvalue weighted by molar-refractivity contribution is 9.10. The van der Waals surface area contributed by atoms with Gasteiger partial charge in [-0.1, -0.05) is 34.1 Å². The predicted molar refractivity (Wildman–Crippen MR) is 89.2 cm³/mol. The Morgan fingerprint density at radius 2 is 1.95 bits per heavy atom. The monoisotopic (exact) mass is 347 g/mol. The summed E-state index contributed by atoms with van der Waals surface area (Å²) < 4.78 is 6.28. The van der Waals surface area contributed by atoms with E-state index in [0.29, 0.717) is 12.1 Å². The number of ketones is 1. The number of hydrogen-bond donors (Lipinski definition) is 0. The summed E-state index contributed by atoms with van der Waals surface area (Å²) in [5, 5.41) is 0. The first kappa shape index (κ1) is 15.6. The molecule has 0 saturated heterocycles. The molecule has 2 aromatic carbocycles. The smallest absolute Gasteiger partial charge is 0.161 e. The van der Waals surface area contributed by atoms with Gasteiger partial charge < -0.3 is 9.64 Å². The number of Topliss-reactive ketones (excluding diaryl/α,β-unsaturated/α-hetero) is 1. The fourth-order valence-electron chi connectivity index (χ4n) is 2.30. The van der Waals surface area contributed by atoms with E-state index in [1.807, 2.05) is 49.5 Å². The molecule has 0 radical (unpaired) electrons. The Morgan fingerprint density at radius 1 is 1.24 bits per heavy atom. The van der Waals surface area contributed by atoms with Crippen LogP contribution in [0.15, 0.2) is 46.9 Å². The summed E-state index contributed by atoms with van der Waals surface area (Å²) in [6.45, 7) is 2.26. The second kappa shape index (κ2) is 6.76. The second-order valence-corrected chi connectivity index (χ2v) is 5.80. The van der Waals surface area contributed by atoms with Gasteiger partial charge in [0.05, 0.1) is 7.11 Å². The molecule has 4 heteroatoms. The number of anilines is 1. The lowest BCUT2D eigenvalue weighted by Gasteiger charge is -2.23. The average molecular weight is 348 g/mol. The Kier molecular flexibility index (Phi) is 5.02. The Labute approximate surface area is 133 Å². The molecule has 0 amide bonds. The second-order valence-electron chi connectivity index (χ2n) is 4.89. The van der Waals surface area contributed by atoms with Crippen LogP contribution < -0.4 is 9.64 Å². The van der Waals surface area contributed by atoms with E-state index in [4.69, 9.17) is 4.74 Å². The van der Waals surface area contributed by atoms with E-state index < -0.39 is 0 Å². The van der Waals surface area contributed by atoms with E-state index in [1.54, 1.807) is 14.0 Å². The van der Waals surface area contributed by atoms with Crippen LogP contribution >= 0.6 is 15.9 Å². The third kappa shape index (κ3) is 3.64. The zero-order chi connectivity index (χ0) is 15.4. The van der Waals surface area contributed by atoms with Gasteiger partial charge in [-0.25, -0.2) is 0 Å². The van der Waals surface area contributed by atoms with Crippen molar-refractivity contribution >= 4 is 27.4 Å². The van der Waals surface area contributed by atoms with E-state index in [9.17, 15) is 4.79 Å². The van der Waals surface area contributed by atoms with Crippen LogP contribution in [0.4, 0.5) is 5.69 Å². The molecule has 21 heavy (non-hydrogen) atoms. The fraction of sp³-hybridized carbons (Fsp3) is 0.235. The number of carbonyl (C=O) groups excluding carboxylic acids is 1. The van der Waals surface area contributed by atoms with Gasteiger partial charge in [-0.3, -0.25) is 4.79 Å². The molecule has 2 rings (SSSR count). The van der Waals surface area contributed by atoms with Gasteiger partial charge in [0.15, 0.2) is 5.78 Å². The van der Waals surface area contributed by atoms with Gasteiger partial charge in [0.25, 0.3) is 0 Å². The highest BCUT2D eigenvalue weighted by Crippen LogP contribution is 2.27. The molecule has 110 valence electrons. The summed E-state index contributed by atoms with van der Waals surface area (Å²) in [5.74, 6) is 0.906. The molecule has 0 aliphatic rings. The fourth-order valence-corrected chi connectivity index (χ4v) is 2.66. The topological polar surface area (TPSA) is 29.5 Å². The summed E-state index contributed by atoms with van der Waals surface area (Å²) in [6, 6.07) is 13.7. The summed E-state index contributed by atoms with van der Waals surface area (Å²) in [4.78, 5) is 13.9. The summed E-state index contributed by atoms with van der Waals surface area (Å²) in [5.41, 5.74) is 2.71. The third-order valence-electron chi connectivity index (χ3n) is 3.35. The first-order valence-corrected chi connectivity index (χ1v) is 7.45. The molecule has 0 saturated carbocycles. The van der Waals surface area contributed by atoms with Crippen molar-refractivity contribution in [3.8, 4) is 5.75 Å². The quantitative estimate of drug-likeness (QED) is 0.755. The first-order chi connectivity index (χ1) is 10.0. The molecule has 0 bridgehead atoms. The zero-order valence-corrected chi connectivity index (χ0v) is 14.0. The van der Waals surface area contributed by atoms with Gasteiger partial charge >= 0.3 is 0 Å². The van der Waals surface area contributed by atoms with Crippen LogP contribution in [0.1, 0.15) is 22.8 Å². The highest BCUT2D eigenvalue weighted by Gasteiger charge is 2.13. The maximum Gasteiger partial charge on any atom is 0.161 e. The van der Waals surface area contributed by atoms with Crippen molar-refractivity contribution in [2.24, 2.45) is 0 Å². The Bertz CT molecular complexity index is 655. The number of methoxy groups -OCH3 is 1. The Hall–Kier alpha value is -1.81. The minimum Gasteiger partial charge on any atom is -0.496 e. The van der Waals surface area contributed by atoms with Crippen LogP contribution in [0.3, 0.4) is 0 Å². The van der Waals surface area contributed by atoms with Crippen molar-refractivity contribution in [1.29, 1.82) is 0 Å². The molecular formula is C17H18BrNO2. The number of hydrogen-bond acceptors (Lipinski definition) is 3. The van der Waals surface area contributed by atoms with Crippen LogP contribution in [-0.2, 0) is 6.54 Å². The first-order valence-electron chi connectivity index (χ1n) is 6.66. The average Bonchev–Trinajstić information content (AvgIpc) is 2.47. The third-order valence-corrected chi connectivity index (χ3v) is 3.84. The number of benzene rings is 2. The number of ether oxygens (including phenoxy) is 1. The van der Waals surface area contributed by atoms with Crippen molar-refractivity contribution in [2.45, 2.75) is 13.5 Å². The number of para-hydroxylation sites is 1. The number of halogens is 1. The standard InChI is InChI=1S/C17H18BrNO2/c1-12(20)15-10-14(18)8-9-16(15)19(2)11-13-6-4-5-7-17(13)21-3/h4-10H,11H2,1-3H3. The van der Waals surface area contributed by atoms with Crippen LogP contribution in [0.2, 0.25) is 0 Å². The van der Waals surface area contributed by atoms with E-state index in [2.05, 4.69) is 20.8 Å². The molecule has 0 aromatic heterocycles. The van der Waals surface area contributed by atoms with Crippen molar-refractivity contribution in [3.63, 3.8) is 0 Å². The summed E-state index contributed by atoms with van der Waals surface area (Å²) in [7, 11) is 3.64. The number of carbonyl (C=O) groups is 1. The molecule has 2 aromatic rings. The lowest BCUT2D eigenvalue weighted by molar-refractivity contribution is 0.101. The highest BCUT2D eigenvalue weighted by atomic mass is 79.9. The Morgan fingerprint density at radius 3 is 2.62 bits per heavy atom. The van der Waals surface area contributed by atoms with Crippen LogP contribution in [0.5, 0.6) is 5.75 Å². The molecule has 0 aliphatic carbocycles.